The van der Waals surface area contributed by atoms with Gasteiger partial charge in [-0.15, -0.1) is 0 Å². The Labute approximate surface area is 391 Å². The van der Waals surface area contributed by atoms with Crippen LogP contribution < -0.4 is 15.9 Å². The number of fused-ring (bicyclic) bond motifs is 15. The fourth-order valence-electron chi connectivity index (χ4n) is 10.8. The predicted molar refractivity (Wildman–Crippen MR) is 290 cm³/mol. The Morgan fingerprint density at radius 3 is 1.79 bits per heavy atom. The Hall–Kier alpha value is -8.01. The largest absolute Gasteiger partial charge is 0.292 e. The van der Waals surface area contributed by atoms with E-state index in [4.69, 9.17) is 16.8 Å². The van der Waals surface area contributed by atoms with Crippen molar-refractivity contribution in [2.24, 2.45) is 0 Å². The molecular formula is C62H38N3PS. The highest BCUT2D eigenvalue weighted by Crippen LogP contribution is 2.45. The number of hydrogen-bond acceptors (Lipinski definition) is 3. The molecule has 0 aliphatic heterocycles. The second-order valence-electron chi connectivity index (χ2n) is 17.7. The molecule has 5 heteroatoms. The molecule has 0 bridgehead atoms. The smallest absolute Gasteiger partial charge is 0.146 e. The van der Waals surface area contributed by atoms with Crippen molar-refractivity contribution < 1.29 is 0 Å². The Bertz CT molecular complexity index is 4440. The monoisotopic (exact) mass is 887 g/mol. The quantitative estimate of drug-likeness (QED) is 0.127. The van der Waals surface area contributed by atoms with Crippen LogP contribution in [0.4, 0.5) is 0 Å². The maximum atomic E-state index is 6.85. The van der Waals surface area contributed by atoms with Crippen molar-refractivity contribution in [2.75, 3.05) is 0 Å². The van der Waals surface area contributed by atoms with E-state index in [9.17, 15) is 0 Å². The summed E-state index contributed by atoms with van der Waals surface area (Å²) in [5.74, 6) is 0. The molecular weight excluding hydrogens is 850 g/mol. The van der Waals surface area contributed by atoms with E-state index in [0.717, 1.165) is 32.9 Å². The van der Waals surface area contributed by atoms with Crippen molar-refractivity contribution in [1.29, 1.82) is 0 Å². The van der Waals surface area contributed by atoms with Crippen molar-refractivity contribution in [3.63, 3.8) is 0 Å². The van der Waals surface area contributed by atoms with Crippen LogP contribution in [0.2, 0.25) is 0 Å². The summed E-state index contributed by atoms with van der Waals surface area (Å²) >= 11 is 6.85. The Balaban J connectivity index is 0.927. The molecule has 0 spiro atoms. The van der Waals surface area contributed by atoms with Crippen LogP contribution in [0.1, 0.15) is 0 Å². The Kier molecular flexibility index (Phi) is 8.43. The normalized spacial score (nSPS) is 13.0. The van der Waals surface area contributed by atoms with E-state index in [1.54, 1.807) is 0 Å². The van der Waals surface area contributed by atoms with Crippen molar-refractivity contribution in [2.45, 2.75) is 0 Å². The molecule has 0 N–H and O–H groups in total. The maximum absolute atomic E-state index is 6.85. The van der Waals surface area contributed by atoms with E-state index < -0.39 is 6.04 Å². The molecule has 3 nitrogen and oxygen atoms in total. The van der Waals surface area contributed by atoms with Crippen LogP contribution >= 0.6 is 6.04 Å². The number of rotatable bonds is 5. The summed E-state index contributed by atoms with van der Waals surface area (Å²) in [4.78, 5) is 9.71. The zero-order chi connectivity index (χ0) is 44.2. The van der Waals surface area contributed by atoms with Gasteiger partial charge in [0.1, 0.15) is 5.65 Å². The average molecular weight is 888 g/mol. The van der Waals surface area contributed by atoms with Crippen LogP contribution in [-0.4, -0.2) is 14.4 Å². The van der Waals surface area contributed by atoms with Gasteiger partial charge in [0.05, 0.1) is 16.6 Å². The summed E-state index contributed by atoms with van der Waals surface area (Å²) in [6.07, 6.45) is 3.74. The lowest BCUT2D eigenvalue weighted by atomic mass is 9.94. The minimum atomic E-state index is -2.41. The minimum absolute atomic E-state index is 0.972. The summed E-state index contributed by atoms with van der Waals surface area (Å²) < 4.78 is 2.38. The standard InChI is InChI=1S/C62H38N3PS/c67-66(48-30-32-63-33-31-48,49-23-18-39-8-1-2-11-42(39)35-49)50-24-27-54-46(36-50)17-16-45-34-43(20-25-53(45)54)44-22-29-59-57(37-44)61-55-14-6-4-10-41(55)19-26-56(61)62-64-58-28-21-47(38-60(58)65(59)62)52-15-7-12-40-9-3-5-13-51(40)52/h1-38H. The number of benzene rings is 11. The lowest BCUT2D eigenvalue weighted by Gasteiger charge is -2.25. The SMILES string of the molecule is S=P(c1ccncc1)(c1ccc2ccccc2c1)c1ccc2c(ccc3cc(-c4ccc5c(c4)c4c6ccccc6ccc4c4nc6ccc(-c7cccc8ccccc78)cc6n54)ccc32)c1. The highest BCUT2D eigenvalue weighted by atomic mass is 32.4. The van der Waals surface area contributed by atoms with Gasteiger partial charge in [-0.3, -0.25) is 9.38 Å². The summed E-state index contributed by atoms with van der Waals surface area (Å²) in [6, 6.07) is 77.6. The lowest BCUT2D eigenvalue weighted by molar-refractivity contribution is 1.32. The average Bonchev–Trinajstić information content (AvgIpc) is 3.79. The first kappa shape index (κ1) is 38.3. The molecule has 0 aliphatic rings. The molecule has 14 aromatic rings. The van der Waals surface area contributed by atoms with E-state index in [2.05, 4.69) is 228 Å². The maximum Gasteiger partial charge on any atom is 0.146 e. The molecule has 0 amide bonds. The number of imidazole rings is 1. The van der Waals surface area contributed by atoms with Crippen molar-refractivity contribution >= 4 is 126 Å². The van der Waals surface area contributed by atoms with Crippen LogP contribution in [0.25, 0.3) is 114 Å². The van der Waals surface area contributed by atoms with Crippen molar-refractivity contribution in [3.8, 4) is 22.3 Å². The summed E-state index contributed by atoms with van der Waals surface area (Å²) in [6.45, 7) is 0. The first-order valence-corrected chi connectivity index (χ1v) is 25.5. The Morgan fingerprint density at radius 1 is 0.358 bits per heavy atom. The van der Waals surface area contributed by atoms with Gasteiger partial charge in [0.15, 0.2) is 0 Å². The molecule has 312 valence electrons. The zero-order valence-electron chi connectivity index (χ0n) is 36.1. The predicted octanol–water partition coefficient (Wildman–Crippen LogP) is 15.0. The van der Waals surface area contributed by atoms with Gasteiger partial charge in [0, 0.05) is 34.6 Å². The van der Waals surface area contributed by atoms with Gasteiger partial charge in [0.2, 0.25) is 0 Å². The van der Waals surface area contributed by atoms with E-state index in [1.807, 2.05) is 12.4 Å². The van der Waals surface area contributed by atoms with Gasteiger partial charge in [-0.25, -0.2) is 4.98 Å². The number of aromatic nitrogens is 3. The first-order chi connectivity index (χ1) is 33.1. The van der Waals surface area contributed by atoms with Crippen LogP contribution in [0.5, 0.6) is 0 Å². The second-order valence-corrected chi connectivity index (χ2v) is 22.1. The molecule has 0 aliphatic carbocycles. The molecule has 0 radical (unpaired) electrons. The molecule has 1 unspecified atom stereocenters. The topological polar surface area (TPSA) is 30.2 Å². The molecule has 3 aromatic heterocycles. The summed E-state index contributed by atoms with van der Waals surface area (Å²) in [5.41, 5.74) is 8.94. The van der Waals surface area contributed by atoms with Gasteiger partial charge in [-0.1, -0.05) is 170 Å². The summed E-state index contributed by atoms with van der Waals surface area (Å²) in [7, 11) is 0. The highest BCUT2D eigenvalue weighted by molar-refractivity contribution is 8.25. The molecule has 3 heterocycles. The van der Waals surface area contributed by atoms with Crippen LogP contribution in [0.3, 0.4) is 0 Å². The summed E-state index contributed by atoms with van der Waals surface area (Å²) in [5, 5.41) is 19.2. The third-order valence-corrected chi connectivity index (χ3v) is 19.0. The van der Waals surface area contributed by atoms with E-state index in [0.29, 0.717) is 0 Å². The molecule has 14 rings (SSSR count). The minimum Gasteiger partial charge on any atom is -0.292 e. The van der Waals surface area contributed by atoms with Crippen LogP contribution in [-0.2, 0) is 11.8 Å². The van der Waals surface area contributed by atoms with E-state index in [-0.39, 0.29) is 0 Å². The number of hydrogen-bond donors (Lipinski definition) is 0. The molecule has 0 saturated carbocycles. The van der Waals surface area contributed by atoms with Gasteiger partial charge in [0.25, 0.3) is 0 Å². The van der Waals surface area contributed by atoms with Gasteiger partial charge < -0.3 is 0 Å². The van der Waals surface area contributed by atoms with Crippen molar-refractivity contribution in [1.82, 2.24) is 14.4 Å². The molecule has 0 saturated heterocycles. The fraction of sp³-hybridized carbons (Fsp3) is 0. The van der Waals surface area contributed by atoms with Crippen LogP contribution in [0, 0.1) is 0 Å². The van der Waals surface area contributed by atoms with Crippen molar-refractivity contribution in [3.05, 3.63) is 231 Å². The number of pyridine rings is 2. The first-order valence-electron chi connectivity index (χ1n) is 22.7. The van der Waals surface area contributed by atoms with E-state index in [1.165, 1.54) is 97.5 Å². The highest BCUT2D eigenvalue weighted by Gasteiger charge is 2.26. The van der Waals surface area contributed by atoms with Crippen LogP contribution in [0.15, 0.2) is 231 Å². The molecule has 1 atom stereocenters. The van der Waals surface area contributed by atoms with Gasteiger partial charge >= 0.3 is 0 Å². The number of nitrogens with zero attached hydrogens (tertiary/aromatic N) is 3. The third kappa shape index (κ3) is 5.87. The third-order valence-electron chi connectivity index (χ3n) is 14.1. The fourth-order valence-corrected chi connectivity index (χ4v) is 14.5. The molecule has 0 fully saturated rings. The molecule has 67 heavy (non-hydrogen) atoms. The lowest BCUT2D eigenvalue weighted by Crippen LogP contribution is -2.25. The zero-order valence-corrected chi connectivity index (χ0v) is 37.8. The molecule has 11 aromatic carbocycles. The Morgan fingerprint density at radius 2 is 0.955 bits per heavy atom. The van der Waals surface area contributed by atoms with Gasteiger partial charge in [-0.2, -0.15) is 0 Å². The van der Waals surface area contributed by atoms with Gasteiger partial charge in [-0.05, 0) is 153 Å². The van der Waals surface area contributed by atoms with E-state index >= 15 is 0 Å². The second kappa shape index (κ2) is 14.8.